The molecule has 2 aromatic rings. The van der Waals surface area contributed by atoms with Crippen molar-refractivity contribution in [2.75, 3.05) is 13.1 Å². The lowest BCUT2D eigenvalue weighted by Crippen LogP contribution is -2.47. The van der Waals surface area contributed by atoms with Crippen LogP contribution in [0.4, 0.5) is 35.5 Å². The minimum Gasteiger partial charge on any atom is -0.444 e. The van der Waals surface area contributed by atoms with E-state index in [9.17, 15) is 35.5 Å². The molecule has 0 unspecified atom stereocenters. The number of benzene rings is 2. The van der Waals surface area contributed by atoms with Gasteiger partial charge in [0.05, 0.1) is 23.8 Å². The molecular weight excluding hydrogens is 495 g/mol. The molecule has 11 heteroatoms. The van der Waals surface area contributed by atoms with Crippen LogP contribution in [0.2, 0.25) is 0 Å². The summed E-state index contributed by atoms with van der Waals surface area (Å²) in [6.07, 6.45) is -10.9. The standard InChI is InChI=1S/C25H26F7NO3/c1-23(2,3)36-22(34)33-9-8-21(20(13-33)16-4-6-19(26)7-5-16)35-14-15-10-17(24(27,28)29)12-18(11-15)25(30,31)32/h4-7,10-12,20-21H,8-9,13-14H2,1-3H3/t20-,21-/m0/s1. The van der Waals surface area contributed by atoms with Gasteiger partial charge in [0.1, 0.15) is 11.4 Å². The summed E-state index contributed by atoms with van der Waals surface area (Å²) in [5.74, 6) is -1.00. The van der Waals surface area contributed by atoms with Crippen molar-refractivity contribution in [1.29, 1.82) is 0 Å². The van der Waals surface area contributed by atoms with E-state index in [-0.39, 0.29) is 31.1 Å². The molecule has 1 aliphatic rings. The molecule has 1 aliphatic heterocycles. The summed E-state index contributed by atoms with van der Waals surface area (Å²) in [5, 5.41) is 0. The van der Waals surface area contributed by atoms with Crippen LogP contribution in [-0.2, 0) is 28.4 Å². The molecule has 2 aromatic carbocycles. The SMILES string of the molecule is CC(C)(C)OC(=O)N1CC[C@H](OCc2cc(C(F)(F)F)cc(C(F)(F)F)c2)[C@H](c2ccc(F)cc2)C1. The molecule has 0 radical (unpaired) electrons. The number of piperidine rings is 1. The van der Waals surface area contributed by atoms with Crippen LogP contribution in [0.1, 0.15) is 55.4 Å². The largest absolute Gasteiger partial charge is 0.444 e. The highest BCUT2D eigenvalue weighted by molar-refractivity contribution is 5.68. The molecule has 4 nitrogen and oxygen atoms in total. The van der Waals surface area contributed by atoms with Gasteiger partial charge in [-0.2, -0.15) is 26.3 Å². The Morgan fingerprint density at radius 3 is 2.00 bits per heavy atom. The first-order valence-electron chi connectivity index (χ1n) is 11.2. The fraction of sp³-hybridized carbons (Fsp3) is 0.480. The molecule has 0 spiro atoms. The number of nitrogens with zero attached hydrogens (tertiary/aromatic N) is 1. The number of halogens is 7. The third-order valence-corrected chi connectivity index (χ3v) is 5.61. The van der Waals surface area contributed by atoms with Crippen LogP contribution >= 0.6 is 0 Å². The van der Waals surface area contributed by atoms with Crippen molar-refractivity contribution in [2.45, 2.75) is 63.8 Å². The van der Waals surface area contributed by atoms with E-state index in [1.807, 2.05) is 0 Å². The van der Waals surface area contributed by atoms with E-state index in [0.29, 0.717) is 17.7 Å². The minimum absolute atomic E-state index is 0.0597. The summed E-state index contributed by atoms with van der Waals surface area (Å²) in [6, 6.07) is 6.75. The third kappa shape index (κ3) is 7.35. The van der Waals surface area contributed by atoms with Gasteiger partial charge in [0.2, 0.25) is 0 Å². The van der Waals surface area contributed by atoms with E-state index in [1.165, 1.54) is 29.2 Å². The molecule has 198 valence electrons. The van der Waals surface area contributed by atoms with Crippen LogP contribution in [-0.4, -0.2) is 35.8 Å². The highest BCUT2D eigenvalue weighted by atomic mass is 19.4. The number of likely N-dealkylation sites (tertiary alicyclic amines) is 1. The van der Waals surface area contributed by atoms with Crippen LogP contribution < -0.4 is 0 Å². The molecule has 1 saturated heterocycles. The fourth-order valence-corrected chi connectivity index (χ4v) is 3.96. The van der Waals surface area contributed by atoms with Gasteiger partial charge in [0.15, 0.2) is 0 Å². The van der Waals surface area contributed by atoms with Gasteiger partial charge < -0.3 is 14.4 Å². The van der Waals surface area contributed by atoms with Gasteiger partial charge in [-0.1, -0.05) is 12.1 Å². The summed E-state index contributed by atoms with van der Waals surface area (Å²) in [6.45, 7) is 4.94. The van der Waals surface area contributed by atoms with Gasteiger partial charge in [-0.05, 0) is 68.7 Å². The van der Waals surface area contributed by atoms with Gasteiger partial charge in [-0.25, -0.2) is 9.18 Å². The highest BCUT2D eigenvalue weighted by Crippen LogP contribution is 2.37. The summed E-state index contributed by atoms with van der Waals surface area (Å²) in [7, 11) is 0. The fourth-order valence-electron chi connectivity index (χ4n) is 3.96. The van der Waals surface area contributed by atoms with Crippen molar-refractivity contribution in [2.24, 2.45) is 0 Å². The summed E-state index contributed by atoms with van der Waals surface area (Å²) < 4.78 is 104. The number of alkyl halides is 6. The monoisotopic (exact) mass is 521 g/mol. The number of carbonyl (C=O) groups excluding carboxylic acids is 1. The zero-order valence-corrected chi connectivity index (χ0v) is 19.8. The lowest BCUT2D eigenvalue weighted by Gasteiger charge is -2.39. The Bertz CT molecular complexity index is 1030. The van der Waals surface area contributed by atoms with E-state index in [1.54, 1.807) is 20.8 Å². The van der Waals surface area contributed by atoms with E-state index in [0.717, 1.165) is 0 Å². The van der Waals surface area contributed by atoms with Crippen molar-refractivity contribution in [3.63, 3.8) is 0 Å². The minimum atomic E-state index is -4.97. The molecule has 0 aromatic heterocycles. The number of rotatable bonds is 4. The number of amides is 1. The van der Waals surface area contributed by atoms with Crippen molar-refractivity contribution in [1.82, 2.24) is 4.90 Å². The maximum absolute atomic E-state index is 13.5. The normalized spacial score (nSPS) is 19.3. The Hall–Kier alpha value is -2.82. The maximum Gasteiger partial charge on any atom is 0.416 e. The third-order valence-electron chi connectivity index (χ3n) is 5.61. The molecular formula is C25H26F7NO3. The Labute approximate surface area is 204 Å². The van der Waals surface area contributed by atoms with Gasteiger partial charge in [-0.15, -0.1) is 0 Å². The molecule has 36 heavy (non-hydrogen) atoms. The smallest absolute Gasteiger partial charge is 0.416 e. The lowest BCUT2D eigenvalue weighted by molar-refractivity contribution is -0.143. The topological polar surface area (TPSA) is 38.8 Å². The van der Waals surface area contributed by atoms with E-state index >= 15 is 0 Å². The Kier molecular flexibility index (Phi) is 7.92. The Morgan fingerprint density at radius 2 is 1.50 bits per heavy atom. The number of hydrogen-bond acceptors (Lipinski definition) is 3. The van der Waals surface area contributed by atoms with Crippen LogP contribution in [0, 0.1) is 5.82 Å². The highest BCUT2D eigenvalue weighted by Gasteiger charge is 2.38. The molecule has 0 aliphatic carbocycles. The van der Waals surface area contributed by atoms with Gasteiger partial charge in [0.25, 0.3) is 0 Å². The van der Waals surface area contributed by atoms with E-state index in [2.05, 4.69) is 0 Å². The zero-order chi connectivity index (χ0) is 26.9. The van der Waals surface area contributed by atoms with Crippen LogP contribution in [0.25, 0.3) is 0 Å². The van der Waals surface area contributed by atoms with Crippen molar-refractivity contribution < 1.29 is 45.0 Å². The second-order valence-electron chi connectivity index (χ2n) is 9.64. The van der Waals surface area contributed by atoms with Gasteiger partial charge >= 0.3 is 18.4 Å². The first-order valence-corrected chi connectivity index (χ1v) is 11.2. The predicted octanol–water partition coefficient (Wildman–Crippen LogP) is 7.17. The molecule has 2 atom stereocenters. The molecule has 1 fully saturated rings. The van der Waals surface area contributed by atoms with E-state index in [4.69, 9.17) is 9.47 Å². The molecule has 0 bridgehead atoms. The Balaban J connectivity index is 1.84. The number of hydrogen-bond donors (Lipinski definition) is 0. The number of carbonyl (C=O) groups is 1. The van der Waals surface area contributed by atoms with Crippen LogP contribution in [0.5, 0.6) is 0 Å². The lowest BCUT2D eigenvalue weighted by atomic mass is 9.88. The molecule has 0 saturated carbocycles. The first-order chi connectivity index (χ1) is 16.5. The summed E-state index contributed by atoms with van der Waals surface area (Å²) >= 11 is 0. The van der Waals surface area contributed by atoms with Crippen LogP contribution in [0.3, 0.4) is 0 Å². The zero-order valence-electron chi connectivity index (χ0n) is 19.8. The summed E-state index contributed by atoms with van der Waals surface area (Å²) in [4.78, 5) is 14.0. The van der Waals surface area contributed by atoms with E-state index < -0.39 is 59.6 Å². The second-order valence-corrected chi connectivity index (χ2v) is 9.64. The molecule has 1 amide bonds. The number of ether oxygens (including phenoxy) is 2. The molecule has 3 rings (SSSR count). The Morgan fingerprint density at radius 1 is 0.944 bits per heavy atom. The summed E-state index contributed by atoms with van der Waals surface area (Å²) in [5.41, 5.74) is -3.27. The first kappa shape index (κ1) is 27.8. The quantitative estimate of drug-likeness (QED) is 0.401. The average molecular weight is 521 g/mol. The second kappa shape index (κ2) is 10.3. The van der Waals surface area contributed by atoms with Crippen LogP contribution in [0.15, 0.2) is 42.5 Å². The average Bonchev–Trinajstić information content (AvgIpc) is 2.75. The van der Waals surface area contributed by atoms with Crippen molar-refractivity contribution in [3.05, 3.63) is 70.5 Å². The van der Waals surface area contributed by atoms with Crippen molar-refractivity contribution in [3.8, 4) is 0 Å². The predicted molar refractivity (Wildman–Crippen MR) is 117 cm³/mol. The van der Waals surface area contributed by atoms with Gasteiger partial charge in [0, 0.05) is 19.0 Å². The van der Waals surface area contributed by atoms with Crippen molar-refractivity contribution >= 4 is 6.09 Å². The molecule has 1 heterocycles. The van der Waals surface area contributed by atoms with Gasteiger partial charge in [-0.3, -0.25) is 0 Å². The molecule has 0 N–H and O–H groups in total. The maximum atomic E-state index is 13.5.